The minimum Gasteiger partial charge on any atom is -0.493 e. The van der Waals surface area contributed by atoms with Gasteiger partial charge >= 0.3 is 0 Å². The highest BCUT2D eigenvalue weighted by Gasteiger charge is 2.24. The minimum absolute atomic E-state index is 0.0300. The molecule has 0 aliphatic carbocycles. The van der Waals surface area contributed by atoms with E-state index in [-0.39, 0.29) is 24.2 Å². The number of amides is 2. The number of halogens is 2. The van der Waals surface area contributed by atoms with Crippen LogP contribution in [0.5, 0.6) is 11.5 Å². The van der Waals surface area contributed by atoms with Crippen molar-refractivity contribution < 1.29 is 23.5 Å². The average molecular weight is 435 g/mol. The highest BCUT2D eigenvalue weighted by Crippen LogP contribution is 2.16. The van der Waals surface area contributed by atoms with Crippen LogP contribution in [0.15, 0.2) is 48.5 Å². The molecule has 0 aromatic heterocycles. The van der Waals surface area contributed by atoms with Crippen LogP contribution < -0.4 is 9.47 Å². The molecule has 1 heterocycles. The molecular weight excluding hydrogens is 411 g/mol. The molecule has 1 saturated heterocycles. The fraction of sp³-hybridized carbons (Fsp3) is 0.364. The second-order valence-corrected chi connectivity index (χ2v) is 7.35. The van der Waals surface area contributed by atoms with Crippen LogP contribution in [-0.4, -0.2) is 61.0 Å². The molecule has 30 heavy (non-hydrogen) atoms. The molecule has 0 saturated carbocycles. The number of hydrogen-bond acceptors (Lipinski definition) is 4. The number of carbonyl (C=O) groups is 2. The minimum atomic E-state index is -0.352. The van der Waals surface area contributed by atoms with Crippen molar-refractivity contribution >= 4 is 23.4 Å². The largest absolute Gasteiger partial charge is 0.493 e. The third-order valence-corrected chi connectivity index (χ3v) is 5.01. The third-order valence-electron chi connectivity index (χ3n) is 4.76. The van der Waals surface area contributed by atoms with Gasteiger partial charge in [0.1, 0.15) is 17.3 Å². The van der Waals surface area contributed by atoms with Gasteiger partial charge in [0, 0.05) is 43.7 Å². The highest BCUT2D eigenvalue weighted by atomic mass is 35.5. The van der Waals surface area contributed by atoms with Gasteiger partial charge in [-0.1, -0.05) is 17.7 Å². The molecule has 160 valence electrons. The van der Waals surface area contributed by atoms with Gasteiger partial charge in [0.15, 0.2) is 6.61 Å². The van der Waals surface area contributed by atoms with Gasteiger partial charge in [-0.2, -0.15) is 0 Å². The molecule has 0 unspecified atom stereocenters. The van der Waals surface area contributed by atoms with E-state index in [9.17, 15) is 14.0 Å². The predicted molar refractivity (Wildman–Crippen MR) is 111 cm³/mol. The van der Waals surface area contributed by atoms with E-state index in [1.807, 2.05) is 0 Å². The average Bonchev–Trinajstić information content (AvgIpc) is 2.76. The summed E-state index contributed by atoms with van der Waals surface area (Å²) in [5.74, 6) is 0.606. The van der Waals surface area contributed by atoms with E-state index >= 15 is 0 Å². The Hall–Kier alpha value is -2.80. The molecule has 1 aliphatic heterocycles. The van der Waals surface area contributed by atoms with Gasteiger partial charge in [-0.3, -0.25) is 9.59 Å². The van der Waals surface area contributed by atoms with E-state index in [1.54, 1.807) is 46.2 Å². The lowest BCUT2D eigenvalue weighted by atomic mass is 10.2. The fourth-order valence-electron chi connectivity index (χ4n) is 3.10. The number of benzene rings is 2. The van der Waals surface area contributed by atoms with Gasteiger partial charge in [0.2, 0.25) is 5.91 Å². The molecule has 0 atom stereocenters. The maximum absolute atomic E-state index is 13.1. The zero-order chi connectivity index (χ0) is 21.3. The molecule has 3 rings (SSSR count). The Balaban J connectivity index is 1.32. The summed E-state index contributed by atoms with van der Waals surface area (Å²) in [6, 6.07) is 12.8. The number of carbonyl (C=O) groups excluding carboxylic acids is 2. The Kier molecular flexibility index (Phi) is 7.90. The van der Waals surface area contributed by atoms with Gasteiger partial charge in [-0.25, -0.2) is 4.39 Å². The SMILES string of the molecule is O=C(CCCOc1cccc(F)c1)N1CCN(C(=O)COc2ccc(Cl)cc2)CC1. The first-order chi connectivity index (χ1) is 14.5. The predicted octanol–water partition coefficient (Wildman–Crippen LogP) is 3.39. The van der Waals surface area contributed by atoms with Crippen LogP contribution in [-0.2, 0) is 9.59 Å². The summed E-state index contributed by atoms with van der Waals surface area (Å²) >= 11 is 5.83. The standard InChI is InChI=1S/C22H24ClFN2O4/c23-17-6-8-19(9-7-17)30-16-22(28)26-12-10-25(11-13-26)21(27)5-2-14-29-20-4-1-3-18(24)15-20/h1,3-4,6-9,15H,2,5,10-14,16H2. The van der Waals surface area contributed by atoms with Crippen molar-refractivity contribution in [3.05, 3.63) is 59.4 Å². The lowest BCUT2D eigenvalue weighted by molar-refractivity contribution is -0.140. The summed E-state index contributed by atoms with van der Waals surface area (Å²) in [4.78, 5) is 28.1. The second kappa shape index (κ2) is 10.8. The molecule has 0 N–H and O–H groups in total. The van der Waals surface area contributed by atoms with E-state index in [0.717, 1.165) is 0 Å². The Morgan fingerprint density at radius 2 is 1.57 bits per heavy atom. The summed E-state index contributed by atoms with van der Waals surface area (Å²) in [5.41, 5.74) is 0. The topological polar surface area (TPSA) is 59.1 Å². The normalized spacial score (nSPS) is 13.8. The fourth-order valence-corrected chi connectivity index (χ4v) is 3.23. The number of nitrogens with zero attached hydrogens (tertiary/aromatic N) is 2. The Labute approximate surface area is 180 Å². The molecular formula is C22H24ClFN2O4. The molecule has 1 fully saturated rings. The van der Waals surface area contributed by atoms with Crippen LogP contribution in [0.1, 0.15) is 12.8 Å². The van der Waals surface area contributed by atoms with Gasteiger partial charge in [-0.15, -0.1) is 0 Å². The van der Waals surface area contributed by atoms with Crippen LogP contribution in [0.25, 0.3) is 0 Å². The van der Waals surface area contributed by atoms with Gasteiger partial charge < -0.3 is 19.3 Å². The molecule has 0 bridgehead atoms. The van der Waals surface area contributed by atoms with Gasteiger partial charge in [-0.05, 0) is 42.8 Å². The van der Waals surface area contributed by atoms with Crippen molar-refractivity contribution in [1.82, 2.24) is 9.80 Å². The van der Waals surface area contributed by atoms with Crippen molar-refractivity contribution in [2.24, 2.45) is 0 Å². The molecule has 0 spiro atoms. The maximum atomic E-state index is 13.1. The van der Waals surface area contributed by atoms with Gasteiger partial charge in [0.05, 0.1) is 6.61 Å². The molecule has 2 amide bonds. The summed E-state index contributed by atoms with van der Waals surface area (Å²) in [5, 5.41) is 0.606. The Morgan fingerprint density at radius 3 is 2.23 bits per heavy atom. The molecule has 2 aromatic rings. The maximum Gasteiger partial charge on any atom is 0.260 e. The van der Waals surface area contributed by atoms with E-state index in [2.05, 4.69) is 0 Å². The number of piperazine rings is 1. The van der Waals surface area contributed by atoms with Crippen LogP contribution in [0.3, 0.4) is 0 Å². The van der Waals surface area contributed by atoms with E-state index in [0.29, 0.717) is 62.1 Å². The lowest BCUT2D eigenvalue weighted by Gasteiger charge is -2.34. The second-order valence-electron chi connectivity index (χ2n) is 6.91. The van der Waals surface area contributed by atoms with E-state index in [4.69, 9.17) is 21.1 Å². The van der Waals surface area contributed by atoms with Crippen LogP contribution in [0.2, 0.25) is 5.02 Å². The van der Waals surface area contributed by atoms with E-state index in [1.165, 1.54) is 12.1 Å². The Bertz CT molecular complexity index is 854. The highest BCUT2D eigenvalue weighted by molar-refractivity contribution is 6.30. The quantitative estimate of drug-likeness (QED) is 0.597. The van der Waals surface area contributed by atoms with Crippen molar-refractivity contribution in [3.63, 3.8) is 0 Å². The zero-order valence-electron chi connectivity index (χ0n) is 16.6. The zero-order valence-corrected chi connectivity index (χ0v) is 17.3. The van der Waals surface area contributed by atoms with Crippen LogP contribution in [0, 0.1) is 5.82 Å². The van der Waals surface area contributed by atoms with Crippen molar-refractivity contribution in [3.8, 4) is 11.5 Å². The van der Waals surface area contributed by atoms with E-state index < -0.39 is 0 Å². The summed E-state index contributed by atoms with van der Waals surface area (Å²) < 4.78 is 24.1. The first-order valence-corrected chi connectivity index (χ1v) is 10.2. The van der Waals surface area contributed by atoms with Crippen molar-refractivity contribution in [1.29, 1.82) is 0 Å². The lowest BCUT2D eigenvalue weighted by Crippen LogP contribution is -2.51. The first kappa shape index (κ1) is 21.9. The molecule has 1 aliphatic rings. The molecule has 6 nitrogen and oxygen atoms in total. The third kappa shape index (κ3) is 6.62. The summed E-state index contributed by atoms with van der Waals surface area (Å²) in [6.45, 7) is 2.25. The molecule has 8 heteroatoms. The monoisotopic (exact) mass is 434 g/mol. The Morgan fingerprint density at radius 1 is 0.900 bits per heavy atom. The smallest absolute Gasteiger partial charge is 0.260 e. The molecule has 0 radical (unpaired) electrons. The van der Waals surface area contributed by atoms with Crippen LogP contribution >= 0.6 is 11.6 Å². The number of rotatable bonds is 8. The molecule has 2 aromatic carbocycles. The number of ether oxygens (including phenoxy) is 2. The first-order valence-electron chi connectivity index (χ1n) is 9.83. The van der Waals surface area contributed by atoms with Crippen LogP contribution in [0.4, 0.5) is 4.39 Å². The summed E-state index contributed by atoms with van der Waals surface area (Å²) in [7, 11) is 0. The number of hydrogen-bond donors (Lipinski definition) is 0. The van der Waals surface area contributed by atoms with Gasteiger partial charge in [0.25, 0.3) is 5.91 Å². The van der Waals surface area contributed by atoms with Crippen molar-refractivity contribution in [2.75, 3.05) is 39.4 Å². The summed E-state index contributed by atoms with van der Waals surface area (Å²) in [6.07, 6.45) is 0.895. The van der Waals surface area contributed by atoms with Crippen molar-refractivity contribution in [2.45, 2.75) is 12.8 Å².